The molecule has 0 saturated carbocycles. The van der Waals surface area contributed by atoms with Crippen molar-refractivity contribution in [1.82, 2.24) is 10.2 Å². The molecule has 1 aliphatic heterocycles. The summed E-state index contributed by atoms with van der Waals surface area (Å²) in [4.78, 5) is 35.9. The molecule has 0 aromatic heterocycles. The third-order valence-corrected chi connectivity index (χ3v) is 3.53. The number of hydrogen-bond donors (Lipinski definition) is 3. The molecule has 3 amide bonds. The number of rotatable bonds is 4. The number of hydrogen-bond acceptors (Lipinski definition) is 3. The van der Waals surface area contributed by atoms with Crippen LogP contribution in [-0.4, -0.2) is 41.0 Å². The standard InChI is InChI=1S/C14H17N3O4/c15-12(18)10-6-7-17(8-10)14(21)16-11(13(19)20)9-4-2-1-3-5-9/h1-5,10-11H,6-8H2,(H2,15,18)(H,16,21)(H,19,20)/t10?,11-/m0/s1. The molecular weight excluding hydrogens is 274 g/mol. The lowest BCUT2D eigenvalue weighted by molar-refractivity contribution is -0.139. The van der Waals surface area contributed by atoms with Crippen molar-refractivity contribution >= 4 is 17.9 Å². The fraction of sp³-hybridized carbons (Fsp3) is 0.357. The Bertz CT molecular complexity index is 546. The van der Waals surface area contributed by atoms with Crippen molar-refractivity contribution in [1.29, 1.82) is 0 Å². The molecule has 112 valence electrons. The molecule has 7 nitrogen and oxygen atoms in total. The number of nitrogens with one attached hydrogen (secondary N) is 1. The van der Waals surface area contributed by atoms with Gasteiger partial charge >= 0.3 is 12.0 Å². The lowest BCUT2D eigenvalue weighted by atomic mass is 10.1. The normalized spacial score (nSPS) is 19.0. The Morgan fingerprint density at radius 3 is 2.48 bits per heavy atom. The number of aliphatic carboxylic acids is 1. The zero-order valence-corrected chi connectivity index (χ0v) is 11.4. The summed E-state index contributed by atoms with van der Waals surface area (Å²) in [5, 5.41) is 11.7. The van der Waals surface area contributed by atoms with Crippen molar-refractivity contribution < 1.29 is 19.5 Å². The van der Waals surface area contributed by atoms with Crippen LogP contribution in [0, 0.1) is 5.92 Å². The van der Waals surface area contributed by atoms with Crippen LogP contribution in [-0.2, 0) is 9.59 Å². The Hall–Kier alpha value is -2.57. The quantitative estimate of drug-likeness (QED) is 0.741. The molecule has 1 saturated heterocycles. The fourth-order valence-corrected chi connectivity index (χ4v) is 2.32. The van der Waals surface area contributed by atoms with Crippen LogP contribution in [0.5, 0.6) is 0 Å². The number of primary amides is 1. The summed E-state index contributed by atoms with van der Waals surface area (Å²) in [6.07, 6.45) is 0.506. The molecule has 1 fully saturated rings. The number of benzene rings is 1. The Morgan fingerprint density at radius 2 is 1.95 bits per heavy atom. The summed E-state index contributed by atoms with van der Waals surface area (Å²) in [7, 11) is 0. The zero-order chi connectivity index (χ0) is 15.4. The van der Waals surface area contributed by atoms with Crippen LogP contribution in [0.3, 0.4) is 0 Å². The van der Waals surface area contributed by atoms with Crippen LogP contribution < -0.4 is 11.1 Å². The third kappa shape index (κ3) is 3.50. The molecular formula is C14H17N3O4. The van der Waals surface area contributed by atoms with E-state index in [0.717, 1.165) is 0 Å². The van der Waals surface area contributed by atoms with Crippen molar-refractivity contribution in [2.75, 3.05) is 13.1 Å². The summed E-state index contributed by atoms with van der Waals surface area (Å²) in [5.41, 5.74) is 5.70. The van der Waals surface area contributed by atoms with Crippen LogP contribution in [0.25, 0.3) is 0 Å². The predicted molar refractivity (Wildman–Crippen MR) is 74.2 cm³/mol. The van der Waals surface area contributed by atoms with Gasteiger partial charge in [0.05, 0.1) is 5.92 Å². The molecule has 2 atom stereocenters. The maximum absolute atomic E-state index is 12.1. The van der Waals surface area contributed by atoms with Crippen molar-refractivity contribution in [3.05, 3.63) is 35.9 Å². The molecule has 7 heteroatoms. The highest BCUT2D eigenvalue weighted by molar-refractivity contribution is 5.85. The molecule has 0 radical (unpaired) electrons. The first-order valence-electron chi connectivity index (χ1n) is 6.61. The largest absolute Gasteiger partial charge is 0.479 e. The first-order chi connectivity index (χ1) is 9.99. The van der Waals surface area contributed by atoms with Crippen molar-refractivity contribution in [2.45, 2.75) is 12.5 Å². The van der Waals surface area contributed by atoms with Gasteiger partial charge in [0.15, 0.2) is 6.04 Å². The van der Waals surface area contributed by atoms with Crippen LogP contribution in [0.4, 0.5) is 4.79 Å². The minimum atomic E-state index is -1.14. The molecule has 0 aliphatic carbocycles. The number of likely N-dealkylation sites (tertiary alicyclic amines) is 1. The van der Waals surface area contributed by atoms with Gasteiger partial charge in [-0.05, 0) is 12.0 Å². The Kier molecular flexibility index (Phi) is 4.42. The van der Waals surface area contributed by atoms with Crippen LogP contribution in [0.2, 0.25) is 0 Å². The van der Waals surface area contributed by atoms with Gasteiger partial charge in [-0.15, -0.1) is 0 Å². The van der Waals surface area contributed by atoms with Crippen LogP contribution >= 0.6 is 0 Å². The van der Waals surface area contributed by atoms with Gasteiger partial charge in [0.2, 0.25) is 5.91 Å². The molecule has 2 rings (SSSR count). The SMILES string of the molecule is NC(=O)C1CCN(C(=O)N[C@H](C(=O)O)c2ccccc2)C1. The number of urea groups is 1. The van der Waals surface area contributed by atoms with E-state index in [2.05, 4.69) is 5.32 Å². The molecule has 21 heavy (non-hydrogen) atoms. The monoisotopic (exact) mass is 291 g/mol. The van der Waals surface area contributed by atoms with E-state index in [9.17, 15) is 19.5 Å². The molecule has 0 bridgehead atoms. The smallest absolute Gasteiger partial charge is 0.330 e. The topological polar surface area (TPSA) is 113 Å². The highest BCUT2D eigenvalue weighted by Gasteiger charge is 2.32. The third-order valence-electron chi connectivity index (χ3n) is 3.53. The predicted octanol–water partition coefficient (Wildman–Crippen LogP) is 0.329. The minimum absolute atomic E-state index is 0.224. The number of nitrogens with two attached hydrogens (primary N) is 1. The summed E-state index contributed by atoms with van der Waals surface area (Å²) in [5.74, 6) is -1.95. The number of nitrogens with zero attached hydrogens (tertiary/aromatic N) is 1. The van der Waals surface area contributed by atoms with Crippen molar-refractivity contribution in [3.63, 3.8) is 0 Å². The Morgan fingerprint density at radius 1 is 1.29 bits per heavy atom. The average molecular weight is 291 g/mol. The van der Waals surface area contributed by atoms with Gasteiger partial charge in [-0.1, -0.05) is 30.3 Å². The highest BCUT2D eigenvalue weighted by atomic mass is 16.4. The second kappa shape index (κ2) is 6.25. The number of carboxylic acid groups (broad SMARTS) is 1. The van der Waals surface area contributed by atoms with Gasteiger partial charge < -0.3 is 21.1 Å². The highest BCUT2D eigenvalue weighted by Crippen LogP contribution is 2.18. The average Bonchev–Trinajstić information content (AvgIpc) is 2.95. The van der Waals surface area contributed by atoms with Gasteiger partial charge in [-0.25, -0.2) is 9.59 Å². The van der Waals surface area contributed by atoms with E-state index in [4.69, 9.17) is 5.73 Å². The van der Waals surface area contributed by atoms with Gasteiger partial charge in [0.1, 0.15) is 0 Å². The van der Waals surface area contributed by atoms with Crippen LogP contribution in [0.1, 0.15) is 18.0 Å². The molecule has 1 unspecified atom stereocenters. The van der Waals surface area contributed by atoms with E-state index in [0.29, 0.717) is 18.5 Å². The maximum atomic E-state index is 12.1. The minimum Gasteiger partial charge on any atom is -0.479 e. The van der Waals surface area contributed by atoms with E-state index < -0.39 is 23.9 Å². The molecule has 4 N–H and O–H groups in total. The lowest BCUT2D eigenvalue weighted by Crippen LogP contribution is -2.43. The molecule has 0 spiro atoms. The zero-order valence-electron chi connectivity index (χ0n) is 11.4. The van der Waals surface area contributed by atoms with Crippen LogP contribution in [0.15, 0.2) is 30.3 Å². The molecule has 1 heterocycles. The fourth-order valence-electron chi connectivity index (χ4n) is 2.32. The molecule has 1 aromatic carbocycles. The van der Waals surface area contributed by atoms with Crippen molar-refractivity contribution in [2.24, 2.45) is 11.7 Å². The Balaban J connectivity index is 2.03. The summed E-state index contributed by atoms with van der Waals surface area (Å²) in [6, 6.07) is 6.82. The number of carbonyl (C=O) groups is 3. The van der Waals surface area contributed by atoms with E-state index in [1.807, 2.05) is 0 Å². The van der Waals surface area contributed by atoms with Crippen molar-refractivity contribution in [3.8, 4) is 0 Å². The number of amides is 3. The second-order valence-electron chi connectivity index (χ2n) is 4.97. The molecule has 1 aromatic rings. The first-order valence-corrected chi connectivity index (χ1v) is 6.61. The second-order valence-corrected chi connectivity index (χ2v) is 4.97. The Labute approximate surface area is 121 Å². The van der Waals surface area contributed by atoms with E-state index in [1.165, 1.54) is 4.90 Å². The van der Waals surface area contributed by atoms with Gasteiger partial charge in [-0.2, -0.15) is 0 Å². The van der Waals surface area contributed by atoms with E-state index >= 15 is 0 Å². The summed E-state index contributed by atoms with van der Waals surface area (Å²) >= 11 is 0. The number of carboxylic acids is 1. The summed E-state index contributed by atoms with van der Waals surface area (Å²) in [6.45, 7) is 0.614. The van der Waals surface area contributed by atoms with Gasteiger partial charge in [-0.3, -0.25) is 4.79 Å². The first kappa shape index (κ1) is 14.8. The maximum Gasteiger partial charge on any atom is 0.330 e. The molecule has 1 aliphatic rings. The van der Waals surface area contributed by atoms with E-state index in [-0.39, 0.29) is 12.5 Å². The van der Waals surface area contributed by atoms with Gasteiger partial charge in [0.25, 0.3) is 0 Å². The van der Waals surface area contributed by atoms with E-state index in [1.54, 1.807) is 30.3 Å². The van der Waals surface area contributed by atoms with Gasteiger partial charge in [0, 0.05) is 13.1 Å². The number of carbonyl (C=O) groups excluding carboxylic acids is 2. The summed E-state index contributed by atoms with van der Waals surface area (Å²) < 4.78 is 0. The lowest BCUT2D eigenvalue weighted by Gasteiger charge is -2.21.